The van der Waals surface area contributed by atoms with Crippen LogP contribution in [0, 0.1) is 6.92 Å². The quantitative estimate of drug-likeness (QED) is 0.571. The maximum Gasteiger partial charge on any atom is 0.251 e. The monoisotopic (exact) mass is 361 g/mol. The van der Waals surface area contributed by atoms with Gasteiger partial charge in [0, 0.05) is 11.3 Å². The number of nitrogens with one attached hydrogen (secondary N) is 1. The van der Waals surface area contributed by atoms with Crippen molar-refractivity contribution < 1.29 is 14.3 Å². The van der Waals surface area contributed by atoms with Gasteiger partial charge in [0.1, 0.15) is 17.7 Å². The van der Waals surface area contributed by atoms with Crippen molar-refractivity contribution in [2.24, 2.45) is 0 Å². The number of furan rings is 1. The molecule has 2 heterocycles. The van der Waals surface area contributed by atoms with Crippen LogP contribution in [0.5, 0.6) is 0 Å². The van der Waals surface area contributed by atoms with Crippen molar-refractivity contribution in [2.75, 3.05) is 6.54 Å². The highest BCUT2D eigenvalue weighted by Crippen LogP contribution is 2.22. The van der Waals surface area contributed by atoms with E-state index in [-0.39, 0.29) is 12.5 Å². The molecule has 4 rings (SSSR count). The van der Waals surface area contributed by atoms with Crippen LogP contribution in [0.1, 0.15) is 28.0 Å². The molecule has 6 heteroatoms. The second-order valence-electron chi connectivity index (χ2n) is 6.27. The molecule has 1 amide bonds. The number of fused-ring (bicyclic) bond motifs is 1. The Bertz CT molecular complexity index is 1070. The standard InChI is InChI=1S/C21H19N3O3/c1-14-23-17-12-15(21(26)22-13-19(25)20-8-5-11-27-20)9-10-18(17)24(14)16-6-3-2-4-7-16/h2-12,19,25H,13H2,1H3,(H,22,26). The fourth-order valence-electron chi connectivity index (χ4n) is 3.12. The average Bonchev–Trinajstić information content (AvgIpc) is 3.33. The summed E-state index contributed by atoms with van der Waals surface area (Å²) >= 11 is 0. The second kappa shape index (κ2) is 7.09. The van der Waals surface area contributed by atoms with E-state index in [4.69, 9.17) is 4.42 Å². The molecule has 0 aliphatic rings. The van der Waals surface area contributed by atoms with Gasteiger partial charge in [0.05, 0.1) is 23.8 Å². The van der Waals surface area contributed by atoms with E-state index in [1.165, 1.54) is 6.26 Å². The highest BCUT2D eigenvalue weighted by Gasteiger charge is 2.15. The molecule has 2 aromatic carbocycles. The lowest BCUT2D eigenvalue weighted by Gasteiger charge is -2.10. The SMILES string of the molecule is Cc1nc2cc(C(=O)NCC(O)c3ccco3)ccc2n1-c1ccccc1. The second-order valence-corrected chi connectivity index (χ2v) is 6.27. The van der Waals surface area contributed by atoms with Gasteiger partial charge in [0.15, 0.2) is 0 Å². The van der Waals surface area contributed by atoms with Crippen LogP contribution in [0.25, 0.3) is 16.7 Å². The number of benzene rings is 2. The Morgan fingerprint density at radius 3 is 2.74 bits per heavy atom. The predicted molar refractivity (Wildman–Crippen MR) is 102 cm³/mol. The van der Waals surface area contributed by atoms with Crippen LogP contribution in [0.15, 0.2) is 71.3 Å². The lowest BCUT2D eigenvalue weighted by molar-refractivity contribution is 0.0901. The Kier molecular flexibility index (Phi) is 4.48. The van der Waals surface area contributed by atoms with Gasteiger partial charge in [0.25, 0.3) is 5.91 Å². The van der Waals surface area contributed by atoms with E-state index in [2.05, 4.69) is 14.9 Å². The fraction of sp³-hybridized carbons (Fsp3) is 0.143. The minimum Gasteiger partial charge on any atom is -0.467 e. The maximum atomic E-state index is 12.4. The minimum atomic E-state index is -0.882. The molecule has 136 valence electrons. The van der Waals surface area contributed by atoms with Crippen molar-refractivity contribution in [1.82, 2.24) is 14.9 Å². The number of imidazole rings is 1. The molecule has 27 heavy (non-hydrogen) atoms. The predicted octanol–water partition coefficient (Wildman–Crippen LogP) is 3.39. The van der Waals surface area contributed by atoms with E-state index < -0.39 is 6.10 Å². The van der Waals surface area contributed by atoms with Crippen LogP contribution < -0.4 is 5.32 Å². The molecule has 1 unspecified atom stereocenters. The molecule has 0 aliphatic heterocycles. The molecule has 0 aliphatic carbocycles. The molecule has 0 fully saturated rings. The third-order valence-electron chi connectivity index (χ3n) is 4.43. The summed E-state index contributed by atoms with van der Waals surface area (Å²) in [4.78, 5) is 17.0. The summed E-state index contributed by atoms with van der Waals surface area (Å²) in [6.07, 6.45) is 0.604. The summed E-state index contributed by atoms with van der Waals surface area (Å²) in [6.45, 7) is 2.01. The van der Waals surface area contributed by atoms with Gasteiger partial charge in [-0.3, -0.25) is 9.36 Å². The van der Waals surface area contributed by atoms with Gasteiger partial charge >= 0.3 is 0 Å². The summed E-state index contributed by atoms with van der Waals surface area (Å²) < 4.78 is 7.19. The minimum absolute atomic E-state index is 0.0713. The molecule has 0 saturated carbocycles. The van der Waals surface area contributed by atoms with Crippen molar-refractivity contribution in [3.63, 3.8) is 0 Å². The van der Waals surface area contributed by atoms with Crippen molar-refractivity contribution in [3.05, 3.63) is 84.1 Å². The average molecular weight is 361 g/mol. The van der Waals surface area contributed by atoms with E-state index in [0.29, 0.717) is 11.3 Å². The van der Waals surface area contributed by atoms with E-state index in [9.17, 15) is 9.90 Å². The summed E-state index contributed by atoms with van der Waals surface area (Å²) in [5.41, 5.74) is 3.20. The number of para-hydroxylation sites is 1. The first kappa shape index (κ1) is 17.1. The van der Waals surface area contributed by atoms with Gasteiger partial charge in [-0.1, -0.05) is 18.2 Å². The Labute approximate surface area is 156 Å². The number of nitrogens with zero attached hydrogens (tertiary/aromatic N) is 2. The number of amides is 1. The van der Waals surface area contributed by atoms with Gasteiger partial charge in [-0.25, -0.2) is 4.98 Å². The van der Waals surface area contributed by atoms with Gasteiger partial charge in [-0.15, -0.1) is 0 Å². The Balaban J connectivity index is 1.56. The van der Waals surface area contributed by atoms with Crippen LogP contribution in [-0.2, 0) is 0 Å². The zero-order valence-electron chi connectivity index (χ0n) is 14.8. The van der Waals surface area contributed by atoms with Crippen molar-refractivity contribution in [1.29, 1.82) is 0 Å². The summed E-state index contributed by atoms with van der Waals surface area (Å²) in [5, 5.41) is 12.7. The fourth-order valence-corrected chi connectivity index (χ4v) is 3.12. The number of carbonyl (C=O) groups is 1. The molecule has 0 saturated heterocycles. The molecule has 0 bridgehead atoms. The summed E-state index contributed by atoms with van der Waals surface area (Å²) in [7, 11) is 0. The highest BCUT2D eigenvalue weighted by molar-refractivity contribution is 5.97. The first-order valence-electron chi connectivity index (χ1n) is 8.67. The number of aromatic nitrogens is 2. The van der Waals surface area contributed by atoms with Crippen molar-refractivity contribution in [2.45, 2.75) is 13.0 Å². The van der Waals surface area contributed by atoms with Crippen LogP contribution in [0.4, 0.5) is 0 Å². The lowest BCUT2D eigenvalue weighted by Crippen LogP contribution is -2.28. The number of aryl methyl sites for hydroxylation is 1. The number of aliphatic hydroxyl groups excluding tert-OH is 1. The Morgan fingerprint density at radius 1 is 1.19 bits per heavy atom. The topological polar surface area (TPSA) is 80.3 Å². The lowest BCUT2D eigenvalue weighted by atomic mass is 10.1. The van der Waals surface area contributed by atoms with E-state index >= 15 is 0 Å². The van der Waals surface area contributed by atoms with Gasteiger partial charge in [0.2, 0.25) is 0 Å². The molecule has 0 spiro atoms. The summed E-state index contributed by atoms with van der Waals surface area (Å²) in [5.74, 6) is 0.999. The first-order chi connectivity index (χ1) is 13.1. The van der Waals surface area contributed by atoms with E-state index in [1.54, 1.807) is 24.3 Å². The molecule has 4 aromatic rings. The molecular formula is C21H19N3O3. The van der Waals surface area contributed by atoms with Gasteiger partial charge in [-0.05, 0) is 49.4 Å². The molecule has 2 N–H and O–H groups in total. The van der Waals surface area contributed by atoms with Gasteiger partial charge < -0.3 is 14.8 Å². The molecule has 6 nitrogen and oxygen atoms in total. The van der Waals surface area contributed by atoms with E-state index in [1.807, 2.05) is 43.3 Å². The molecule has 0 radical (unpaired) electrons. The number of hydrogen-bond donors (Lipinski definition) is 2. The maximum absolute atomic E-state index is 12.4. The Hall–Kier alpha value is -3.38. The van der Waals surface area contributed by atoms with Crippen LogP contribution in [0.3, 0.4) is 0 Å². The molecule has 2 aromatic heterocycles. The number of rotatable bonds is 5. The smallest absolute Gasteiger partial charge is 0.251 e. The zero-order chi connectivity index (χ0) is 18.8. The highest BCUT2D eigenvalue weighted by atomic mass is 16.4. The largest absolute Gasteiger partial charge is 0.467 e. The summed E-state index contributed by atoms with van der Waals surface area (Å²) in [6, 6.07) is 18.7. The van der Waals surface area contributed by atoms with Crippen LogP contribution in [0.2, 0.25) is 0 Å². The zero-order valence-corrected chi connectivity index (χ0v) is 14.8. The first-order valence-corrected chi connectivity index (χ1v) is 8.67. The van der Waals surface area contributed by atoms with Crippen LogP contribution >= 0.6 is 0 Å². The van der Waals surface area contributed by atoms with E-state index in [0.717, 1.165) is 22.5 Å². The van der Waals surface area contributed by atoms with Crippen molar-refractivity contribution >= 4 is 16.9 Å². The third kappa shape index (κ3) is 3.35. The molecular weight excluding hydrogens is 342 g/mol. The normalized spacial score (nSPS) is 12.2. The Morgan fingerprint density at radius 2 is 2.00 bits per heavy atom. The van der Waals surface area contributed by atoms with Crippen molar-refractivity contribution in [3.8, 4) is 5.69 Å². The molecule has 1 atom stereocenters. The van der Waals surface area contributed by atoms with Crippen LogP contribution in [-0.4, -0.2) is 27.1 Å². The third-order valence-corrected chi connectivity index (χ3v) is 4.43. The number of hydrogen-bond acceptors (Lipinski definition) is 4. The number of aliphatic hydroxyl groups is 1. The number of carbonyl (C=O) groups excluding carboxylic acids is 1. The van der Waals surface area contributed by atoms with Gasteiger partial charge in [-0.2, -0.15) is 0 Å².